The number of hydrogen-bond donors (Lipinski definition) is 0. The summed E-state index contributed by atoms with van der Waals surface area (Å²) in [7, 11) is 0. The zero-order chi connectivity index (χ0) is 18.4. The van der Waals surface area contributed by atoms with Crippen molar-refractivity contribution in [2.75, 3.05) is 13.2 Å². The molecule has 2 aromatic rings. The summed E-state index contributed by atoms with van der Waals surface area (Å²) in [5.74, 6) is 2.08. The monoisotopic (exact) mass is 356 g/mol. The van der Waals surface area contributed by atoms with E-state index in [1.807, 2.05) is 31.2 Å². The van der Waals surface area contributed by atoms with Gasteiger partial charge in [0.15, 0.2) is 0 Å². The van der Waals surface area contributed by atoms with Crippen LogP contribution in [0.25, 0.3) is 0 Å². The third kappa shape index (κ3) is 4.42. The quantitative estimate of drug-likeness (QED) is 0.730. The van der Waals surface area contributed by atoms with Gasteiger partial charge < -0.3 is 14.2 Å². The molecule has 0 radical (unpaired) electrons. The molecule has 6 nitrogen and oxygen atoms in total. The second-order valence-electron chi connectivity index (χ2n) is 6.71. The zero-order valence-corrected chi connectivity index (χ0v) is 15.7. The molecule has 1 atom stereocenters. The number of amides is 1. The lowest BCUT2D eigenvalue weighted by molar-refractivity contribution is -0.131. The lowest BCUT2D eigenvalue weighted by Crippen LogP contribution is -2.37. The Hall–Kier alpha value is -2.37. The number of carbonyl (C=O) groups excluding carboxylic acids is 1. The van der Waals surface area contributed by atoms with Gasteiger partial charge in [0.2, 0.25) is 5.91 Å². The summed E-state index contributed by atoms with van der Waals surface area (Å²) >= 11 is 0. The molecule has 3 rings (SSSR count). The van der Waals surface area contributed by atoms with Crippen LogP contribution in [0.4, 0.5) is 0 Å². The largest absolute Gasteiger partial charge is 0.494 e. The third-order valence-corrected chi connectivity index (χ3v) is 5.02. The molecule has 26 heavy (non-hydrogen) atoms. The first-order chi connectivity index (χ1) is 12.7. The van der Waals surface area contributed by atoms with Gasteiger partial charge in [-0.15, -0.1) is 10.2 Å². The van der Waals surface area contributed by atoms with Crippen molar-refractivity contribution in [1.82, 2.24) is 19.7 Å². The van der Waals surface area contributed by atoms with E-state index >= 15 is 0 Å². The Bertz CT molecular complexity index is 711. The van der Waals surface area contributed by atoms with Gasteiger partial charge in [0, 0.05) is 25.6 Å². The Morgan fingerprint density at radius 2 is 2.08 bits per heavy atom. The van der Waals surface area contributed by atoms with E-state index in [0.717, 1.165) is 55.9 Å². The summed E-state index contributed by atoms with van der Waals surface area (Å²) in [5, 5.41) is 8.20. The predicted molar refractivity (Wildman–Crippen MR) is 100 cm³/mol. The van der Waals surface area contributed by atoms with Crippen LogP contribution in [0.2, 0.25) is 0 Å². The molecule has 140 valence electrons. The van der Waals surface area contributed by atoms with Crippen LogP contribution in [0.1, 0.15) is 44.5 Å². The standard InChI is InChI=1S/C20H28N4O2/c1-3-23-15-21-22-19(23)12-9-17-6-5-13-24(17)20(25)14-16-7-10-18(11-8-16)26-4-2/h7-8,10-11,15,17H,3-6,9,12-14H2,1-2H3. The molecule has 0 aliphatic carbocycles. The van der Waals surface area contributed by atoms with Gasteiger partial charge in [-0.2, -0.15) is 0 Å². The molecule has 1 aromatic heterocycles. The summed E-state index contributed by atoms with van der Waals surface area (Å²) in [5.41, 5.74) is 1.04. The second-order valence-corrected chi connectivity index (χ2v) is 6.71. The van der Waals surface area contributed by atoms with Crippen molar-refractivity contribution in [3.05, 3.63) is 42.0 Å². The minimum atomic E-state index is 0.216. The molecule has 0 spiro atoms. The molecule has 0 bridgehead atoms. The number of likely N-dealkylation sites (tertiary alicyclic amines) is 1. The highest BCUT2D eigenvalue weighted by atomic mass is 16.5. The molecule has 1 unspecified atom stereocenters. The summed E-state index contributed by atoms with van der Waals surface area (Å²) in [6.45, 7) is 6.46. The Morgan fingerprint density at radius 1 is 1.27 bits per heavy atom. The van der Waals surface area contributed by atoms with Crippen molar-refractivity contribution >= 4 is 5.91 Å². The molecule has 1 aliphatic heterocycles. The Balaban J connectivity index is 1.55. The van der Waals surface area contributed by atoms with E-state index in [1.54, 1.807) is 6.33 Å². The summed E-state index contributed by atoms with van der Waals surface area (Å²) < 4.78 is 7.53. The Kier molecular flexibility index (Phi) is 6.26. The van der Waals surface area contributed by atoms with Crippen LogP contribution in [0.5, 0.6) is 5.75 Å². The highest BCUT2D eigenvalue weighted by molar-refractivity contribution is 5.79. The highest BCUT2D eigenvalue weighted by Crippen LogP contribution is 2.23. The predicted octanol–water partition coefficient (Wildman–Crippen LogP) is 2.86. The fourth-order valence-corrected chi connectivity index (χ4v) is 3.64. The fourth-order valence-electron chi connectivity index (χ4n) is 3.64. The first kappa shape index (κ1) is 18.4. The minimum Gasteiger partial charge on any atom is -0.494 e. The number of ether oxygens (including phenoxy) is 1. The van der Waals surface area contributed by atoms with Crippen molar-refractivity contribution < 1.29 is 9.53 Å². The molecule has 1 saturated heterocycles. The van der Waals surface area contributed by atoms with Gasteiger partial charge >= 0.3 is 0 Å². The molecule has 0 N–H and O–H groups in total. The Labute approximate surface area is 155 Å². The number of hydrogen-bond acceptors (Lipinski definition) is 4. The van der Waals surface area contributed by atoms with E-state index in [1.165, 1.54) is 0 Å². The first-order valence-corrected chi connectivity index (χ1v) is 9.59. The number of nitrogens with zero attached hydrogens (tertiary/aromatic N) is 4. The topological polar surface area (TPSA) is 60.2 Å². The van der Waals surface area contributed by atoms with Gasteiger partial charge in [0.1, 0.15) is 17.9 Å². The molecule has 6 heteroatoms. The van der Waals surface area contributed by atoms with Crippen LogP contribution in [-0.2, 0) is 24.2 Å². The number of aromatic nitrogens is 3. The van der Waals surface area contributed by atoms with Crippen molar-refractivity contribution in [1.29, 1.82) is 0 Å². The lowest BCUT2D eigenvalue weighted by Gasteiger charge is -2.25. The molecule has 1 amide bonds. The maximum atomic E-state index is 12.8. The third-order valence-electron chi connectivity index (χ3n) is 5.02. The van der Waals surface area contributed by atoms with Gasteiger partial charge in [0.05, 0.1) is 13.0 Å². The summed E-state index contributed by atoms with van der Waals surface area (Å²) in [6, 6.07) is 8.15. The van der Waals surface area contributed by atoms with Crippen molar-refractivity contribution in [2.24, 2.45) is 0 Å². The van der Waals surface area contributed by atoms with Crippen molar-refractivity contribution in [3.8, 4) is 5.75 Å². The van der Waals surface area contributed by atoms with Crippen molar-refractivity contribution in [2.45, 2.75) is 58.5 Å². The highest BCUT2D eigenvalue weighted by Gasteiger charge is 2.28. The molecule has 0 saturated carbocycles. The maximum Gasteiger partial charge on any atom is 0.227 e. The smallest absolute Gasteiger partial charge is 0.227 e. The molecule has 1 aliphatic rings. The van der Waals surface area contributed by atoms with E-state index < -0.39 is 0 Å². The van der Waals surface area contributed by atoms with Crippen molar-refractivity contribution in [3.63, 3.8) is 0 Å². The summed E-state index contributed by atoms with van der Waals surface area (Å²) in [6.07, 6.45) is 6.21. The lowest BCUT2D eigenvalue weighted by atomic mass is 10.1. The van der Waals surface area contributed by atoms with E-state index in [0.29, 0.717) is 19.1 Å². The number of rotatable bonds is 8. The SMILES string of the molecule is CCOc1ccc(CC(=O)N2CCCC2CCc2nncn2CC)cc1. The summed E-state index contributed by atoms with van der Waals surface area (Å²) in [4.78, 5) is 14.8. The molecule has 2 heterocycles. The minimum absolute atomic E-state index is 0.216. The van der Waals surface area contributed by atoms with Gasteiger partial charge in [-0.1, -0.05) is 12.1 Å². The molecule has 1 aromatic carbocycles. The fraction of sp³-hybridized carbons (Fsp3) is 0.550. The van der Waals surface area contributed by atoms with Crippen LogP contribution >= 0.6 is 0 Å². The molecular formula is C20H28N4O2. The van der Waals surface area contributed by atoms with E-state index in [9.17, 15) is 4.79 Å². The average Bonchev–Trinajstić information content (AvgIpc) is 3.30. The normalized spacial score (nSPS) is 16.8. The first-order valence-electron chi connectivity index (χ1n) is 9.59. The van der Waals surface area contributed by atoms with Gasteiger partial charge in [0.25, 0.3) is 0 Å². The second kappa shape index (κ2) is 8.83. The van der Waals surface area contributed by atoms with E-state index in [4.69, 9.17) is 4.74 Å². The zero-order valence-electron chi connectivity index (χ0n) is 15.7. The maximum absolute atomic E-state index is 12.8. The van der Waals surface area contributed by atoms with E-state index in [-0.39, 0.29) is 5.91 Å². The van der Waals surface area contributed by atoms with Crippen LogP contribution < -0.4 is 4.74 Å². The Morgan fingerprint density at radius 3 is 2.81 bits per heavy atom. The number of aryl methyl sites for hydroxylation is 2. The van der Waals surface area contributed by atoms with Gasteiger partial charge in [-0.05, 0) is 50.8 Å². The van der Waals surface area contributed by atoms with E-state index in [2.05, 4.69) is 26.6 Å². The van der Waals surface area contributed by atoms with Gasteiger partial charge in [-0.3, -0.25) is 4.79 Å². The number of benzene rings is 1. The molecular weight excluding hydrogens is 328 g/mol. The van der Waals surface area contributed by atoms with Crippen LogP contribution in [0, 0.1) is 0 Å². The van der Waals surface area contributed by atoms with Crippen LogP contribution in [0.15, 0.2) is 30.6 Å². The average molecular weight is 356 g/mol. The van der Waals surface area contributed by atoms with Crippen LogP contribution in [-0.4, -0.2) is 44.8 Å². The van der Waals surface area contributed by atoms with Gasteiger partial charge in [-0.25, -0.2) is 0 Å². The van der Waals surface area contributed by atoms with Crippen LogP contribution in [0.3, 0.4) is 0 Å². The molecule has 1 fully saturated rings. The number of carbonyl (C=O) groups is 1.